The van der Waals surface area contributed by atoms with Gasteiger partial charge in [-0.3, -0.25) is 0 Å². The Balaban J connectivity index is 1.39. The van der Waals surface area contributed by atoms with Gasteiger partial charge >= 0.3 is 0 Å². The van der Waals surface area contributed by atoms with Crippen LogP contribution in [0.25, 0.3) is 12.2 Å². The summed E-state index contributed by atoms with van der Waals surface area (Å²) in [5.74, 6) is 0.403. The second kappa shape index (κ2) is 8.76. The molecule has 0 N–H and O–H groups in total. The fourth-order valence-corrected chi connectivity index (χ4v) is 7.18. The monoisotopic (exact) mass is 475 g/mol. The van der Waals surface area contributed by atoms with Crippen molar-refractivity contribution < 1.29 is 4.58 Å². The molecule has 6 rings (SSSR count). The first-order valence-electron chi connectivity index (χ1n) is 13.9. The molecule has 2 aliphatic carbocycles. The van der Waals surface area contributed by atoms with Gasteiger partial charge in [-0.2, -0.15) is 4.58 Å². The Bertz CT molecular complexity index is 1390. The topological polar surface area (TPSA) is 6.25 Å². The van der Waals surface area contributed by atoms with Crippen LogP contribution in [0.1, 0.15) is 86.8 Å². The van der Waals surface area contributed by atoms with Crippen LogP contribution in [0.15, 0.2) is 60.3 Å². The van der Waals surface area contributed by atoms with E-state index in [2.05, 4.69) is 111 Å². The molecule has 0 saturated heterocycles. The Morgan fingerprint density at radius 1 is 0.972 bits per heavy atom. The molecule has 0 spiro atoms. The molecule has 0 aromatic heterocycles. The van der Waals surface area contributed by atoms with Crippen molar-refractivity contribution in [1.82, 2.24) is 0 Å². The lowest BCUT2D eigenvalue weighted by molar-refractivity contribution is -0.433. The van der Waals surface area contributed by atoms with E-state index in [-0.39, 0.29) is 5.41 Å². The third-order valence-corrected chi connectivity index (χ3v) is 8.88. The molecule has 2 heteroatoms. The summed E-state index contributed by atoms with van der Waals surface area (Å²) in [7, 11) is 0. The Hall–Kier alpha value is -3.13. The summed E-state index contributed by atoms with van der Waals surface area (Å²) in [5.41, 5.74) is 14.5. The number of fused-ring (bicyclic) bond motifs is 6. The number of aryl methyl sites for hydroxylation is 2. The van der Waals surface area contributed by atoms with Crippen molar-refractivity contribution in [3.63, 3.8) is 0 Å². The molecule has 36 heavy (non-hydrogen) atoms. The van der Waals surface area contributed by atoms with E-state index in [0.29, 0.717) is 5.92 Å². The maximum absolute atomic E-state index is 2.53. The van der Waals surface area contributed by atoms with Crippen molar-refractivity contribution in [1.29, 1.82) is 0 Å². The average Bonchev–Trinajstić information content (AvgIpc) is 3.30. The number of anilines is 1. The van der Waals surface area contributed by atoms with Gasteiger partial charge in [0.15, 0.2) is 5.71 Å². The van der Waals surface area contributed by atoms with Crippen molar-refractivity contribution >= 4 is 29.2 Å². The molecule has 2 aromatic rings. The van der Waals surface area contributed by atoms with Crippen molar-refractivity contribution in [2.24, 2.45) is 0 Å². The zero-order valence-electron chi connectivity index (χ0n) is 22.6. The van der Waals surface area contributed by atoms with Crippen LogP contribution in [0.4, 0.5) is 11.4 Å². The highest BCUT2D eigenvalue weighted by Crippen LogP contribution is 2.48. The van der Waals surface area contributed by atoms with Crippen LogP contribution in [0.2, 0.25) is 0 Å². The molecule has 1 unspecified atom stereocenters. The predicted molar refractivity (Wildman–Crippen MR) is 155 cm³/mol. The number of benzene rings is 2. The molecule has 0 radical (unpaired) electrons. The first kappa shape index (κ1) is 23.3. The quantitative estimate of drug-likeness (QED) is 0.405. The van der Waals surface area contributed by atoms with Crippen LogP contribution in [0.5, 0.6) is 0 Å². The molecule has 0 bridgehead atoms. The second-order valence-electron chi connectivity index (χ2n) is 11.2. The maximum Gasteiger partial charge on any atom is 0.210 e. The minimum atomic E-state index is -0.0219. The first-order valence-corrected chi connectivity index (χ1v) is 13.9. The summed E-state index contributed by atoms with van der Waals surface area (Å²) in [5, 5.41) is 0. The van der Waals surface area contributed by atoms with E-state index in [0.717, 1.165) is 38.8 Å². The lowest BCUT2D eigenvalue weighted by Crippen LogP contribution is -2.28. The largest absolute Gasteiger partial charge is 0.345 e. The average molecular weight is 476 g/mol. The highest BCUT2D eigenvalue weighted by Gasteiger charge is 2.45. The van der Waals surface area contributed by atoms with Gasteiger partial charge in [-0.25, -0.2) is 0 Å². The smallest absolute Gasteiger partial charge is 0.210 e. The van der Waals surface area contributed by atoms with Gasteiger partial charge in [0, 0.05) is 41.6 Å². The van der Waals surface area contributed by atoms with Crippen LogP contribution < -0.4 is 4.90 Å². The van der Waals surface area contributed by atoms with E-state index in [4.69, 9.17) is 0 Å². The minimum absolute atomic E-state index is 0.0219. The van der Waals surface area contributed by atoms with Gasteiger partial charge < -0.3 is 4.90 Å². The predicted octanol–water partition coefficient (Wildman–Crippen LogP) is 8.09. The number of likely N-dealkylation sites (N-methyl/N-ethyl adjacent to an activating group) is 1. The van der Waals surface area contributed by atoms with Crippen molar-refractivity contribution in [3.8, 4) is 0 Å². The van der Waals surface area contributed by atoms with Crippen molar-refractivity contribution in [2.75, 3.05) is 18.0 Å². The van der Waals surface area contributed by atoms with Gasteiger partial charge in [0.25, 0.3) is 0 Å². The highest BCUT2D eigenvalue weighted by molar-refractivity contribution is 6.04. The number of hydrogen-bond acceptors (Lipinski definition) is 1. The molecular weight excluding hydrogens is 436 g/mol. The second-order valence-corrected chi connectivity index (χ2v) is 11.2. The van der Waals surface area contributed by atoms with Crippen LogP contribution in [0, 0.1) is 0 Å². The molecule has 184 valence electrons. The Morgan fingerprint density at radius 2 is 1.67 bits per heavy atom. The fraction of sp³-hybridized carbons (Fsp3) is 0.382. The zero-order chi connectivity index (χ0) is 25.0. The molecule has 2 aliphatic heterocycles. The Kier molecular flexibility index (Phi) is 5.67. The molecule has 0 fully saturated rings. The van der Waals surface area contributed by atoms with E-state index >= 15 is 0 Å². The van der Waals surface area contributed by atoms with Crippen LogP contribution in [-0.4, -0.2) is 23.4 Å². The lowest BCUT2D eigenvalue weighted by Gasteiger charge is -2.21. The van der Waals surface area contributed by atoms with E-state index < -0.39 is 0 Å². The lowest BCUT2D eigenvalue weighted by atomic mass is 9.76. The SMILES string of the molecule is CCN1C(=CC=CC2=[N+](CC)c3ccc4c(c3C2(C)C)C=CCC4)C(C)c2c1ccc1c2C=CCC1. The van der Waals surface area contributed by atoms with Gasteiger partial charge in [-0.05, 0) is 93.3 Å². The van der Waals surface area contributed by atoms with E-state index in [1.165, 1.54) is 56.2 Å². The van der Waals surface area contributed by atoms with Crippen LogP contribution in [0.3, 0.4) is 0 Å². The van der Waals surface area contributed by atoms with E-state index in [1.807, 2.05) is 0 Å². The van der Waals surface area contributed by atoms with Gasteiger partial charge in [-0.15, -0.1) is 0 Å². The number of allylic oxidation sites excluding steroid dienone is 6. The molecule has 4 aliphatic rings. The molecule has 0 amide bonds. The number of nitrogens with zero attached hydrogens (tertiary/aromatic N) is 2. The molecule has 1 atom stereocenters. The minimum Gasteiger partial charge on any atom is -0.345 e. The molecule has 2 aromatic carbocycles. The molecule has 2 heterocycles. The van der Waals surface area contributed by atoms with Crippen LogP contribution in [-0.2, 0) is 18.3 Å². The number of rotatable bonds is 4. The van der Waals surface area contributed by atoms with Gasteiger partial charge in [0.1, 0.15) is 6.54 Å². The van der Waals surface area contributed by atoms with Gasteiger partial charge in [0.2, 0.25) is 5.69 Å². The normalized spacial score (nSPS) is 22.4. The molecule has 2 nitrogen and oxygen atoms in total. The Morgan fingerprint density at radius 3 is 2.39 bits per heavy atom. The summed E-state index contributed by atoms with van der Waals surface area (Å²) in [6.45, 7) is 13.7. The Labute approximate surface area is 217 Å². The van der Waals surface area contributed by atoms with E-state index in [9.17, 15) is 0 Å². The standard InChI is InChI=1S/C34H39N2/c1-6-35-28(23(3)32-26-15-10-8-13-24(26)19-21-29(32)35)17-12-18-31-34(4,5)33-27-16-11-9-14-25(27)20-22-30(33)36(31)7-2/h10-12,15-23H,6-9,13-14H2,1-5H3/q+1. The van der Waals surface area contributed by atoms with Crippen LogP contribution >= 0.6 is 0 Å². The van der Waals surface area contributed by atoms with Crippen molar-refractivity contribution in [2.45, 2.75) is 71.6 Å². The summed E-state index contributed by atoms with van der Waals surface area (Å²) in [6, 6.07) is 9.44. The first-order chi connectivity index (χ1) is 17.5. The molecule has 0 saturated carbocycles. The molecular formula is C34H39N2+. The number of hydrogen-bond donors (Lipinski definition) is 0. The zero-order valence-corrected chi connectivity index (χ0v) is 22.6. The van der Waals surface area contributed by atoms with Crippen molar-refractivity contribution in [3.05, 3.63) is 93.7 Å². The third-order valence-electron chi connectivity index (χ3n) is 8.88. The summed E-state index contributed by atoms with van der Waals surface area (Å²) < 4.78 is 2.53. The van der Waals surface area contributed by atoms with E-state index in [1.54, 1.807) is 0 Å². The summed E-state index contributed by atoms with van der Waals surface area (Å²) >= 11 is 0. The summed E-state index contributed by atoms with van der Waals surface area (Å²) in [6.07, 6.45) is 21.1. The van der Waals surface area contributed by atoms with Gasteiger partial charge in [-0.1, -0.05) is 49.4 Å². The maximum atomic E-state index is 2.53. The summed E-state index contributed by atoms with van der Waals surface area (Å²) in [4.78, 5) is 2.52. The fourth-order valence-electron chi connectivity index (χ4n) is 7.18. The highest BCUT2D eigenvalue weighted by atomic mass is 15.2. The van der Waals surface area contributed by atoms with Gasteiger partial charge in [0.05, 0.1) is 5.41 Å². The third kappa shape index (κ3) is 3.34.